The normalized spacial score (nSPS) is 13.9. The first kappa shape index (κ1) is 36.2. The van der Waals surface area contributed by atoms with Gasteiger partial charge in [0.1, 0.15) is 11.5 Å². The Hall–Kier alpha value is -7.72. The molecule has 0 saturated carbocycles. The van der Waals surface area contributed by atoms with Crippen molar-refractivity contribution in [2.24, 2.45) is 0 Å². The second-order valence-corrected chi connectivity index (χ2v) is 20.1. The van der Waals surface area contributed by atoms with Gasteiger partial charge in [0.2, 0.25) is 0 Å². The number of benzene rings is 10. The predicted octanol–water partition coefficient (Wildman–Crippen LogP) is 12.2. The molecule has 10 aromatic carbocycles. The molecular weight excluding hydrogens is 767 g/mol. The Bertz CT molecular complexity index is 3180. The van der Waals surface area contributed by atoms with Gasteiger partial charge in [-0.15, -0.1) is 0 Å². The van der Waals surface area contributed by atoms with E-state index in [-0.39, 0.29) is 0 Å². The maximum atomic E-state index is 6.87. The van der Waals surface area contributed by atoms with Gasteiger partial charge in [-0.1, -0.05) is 206 Å². The van der Waals surface area contributed by atoms with Crippen molar-refractivity contribution in [1.29, 1.82) is 0 Å². The topological polar surface area (TPSA) is 12.5 Å². The van der Waals surface area contributed by atoms with Gasteiger partial charge in [0, 0.05) is 27.9 Å². The van der Waals surface area contributed by atoms with Crippen LogP contribution in [-0.4, -0.2) is 8.07 Å². The molecule has 292 valence electrons. The molecule has 0 fully saturated rings. The molecule has 0 unspecified atom stereocenters. The molecule has 0 aliphatic carbocycles. The predicted molar refractivity (Wildman–Crippen MR) is 260 cm³/mol. The van der Waals surface area contributed by atoms with Crippen molar-refractivity contribution < 1.29 is 4.74 Å². The van der Waals surface area contributed by atoms with Crippen LogP contribution < -0.4 is 30.4 Å². The van der Waals surface area contributed by atoms with Crippen LogP contribution in [0.15, 0.2) is 249 Å². The number of fused-ring (bicyclic) bond motifs is 9. The Labute approximate surface area is 363 Å². The van der Waals surface area contributed by atoms with Crippen LogP contribution in [0.1, 0.15) is 22.3 Å². The quantitative estimate of drug-likeness (QED) is 0.155. The SMILES string of the molecule is c1ccc(-c2ccc(N(c3ccc4c(c3)C3(c5ccccc5Oc5ccccc53)c3ccccc3[Si]4(c3ccccc3)c3ccccc3)c3cccc4ccccc34)cc2)cc1. The van der Waals surface area contributed by atoms with Gasteiger partial charge >= 0.3 is 0 Å². The van der Waals surface area contributed by atoms with Gasteiger partial charge in [0.05, 0.1) is 11.1 Å². The molecule has 0 bridgehead atoms. The number of hydrogen-bond donors (Lipinski definition) is 0. The Morgan fingerprint density at radius 2 is 0.855 bits per heavy atom. The van der Waals surface area contributed by atoms with E-state index in [0.29, 0.717) is 0 Å². The molecule has 0 amide bonds. The summed E-state index contributed by atoms with van der Waals surface area (Å²) >= 11 is 0. The Morgan fingerprint density at radius 1 is 0.355 bits per heavy atom. The number of rotatable bonds is 6. The van der Waals surface area contributed by atoms with Crippen molar-refractivity contribution in [3.8, 4) is 22.6 Å². The molecule has 0 atom stereocenters. The summed E-state index contributed by atoms with van der Waals surface area (Å²) in [6, 6.07) is 91.9. The Morgan fingerprint density at radius 3 is 1.53 bits per heavy atom. The summed E-state index contributed by atoms with van der Waals surface area (Å²) in [6.45, 7) is 0. The highest BCUT2D eigenvalue weighted by atomic mass is 28.3. The molecular formula is C59H41NOSi. The standard InChI is InChI=1S/C59H41NOSi/c1-4-19-42(20-5-1)43-35-37-45(38-36-43)60(54-31-18-22-44-21-10-11-27-49(44)54)46-39-40-58-53(41-46)59(50-28-12-15-32-55(50)61-56-33-16-13-29-51(56)59)52-30-14-17-34-57(52)62(58,47-23-6-2-7-24-47)48-25-8-3-9-26-48/h1-41H. The van der Waals surface area contributed by atoms with Gasteiger partial charge in [-0.25, -0.2) is 0 Å². The van der Waals surface area contributed by atoms with Gasteiger partial charge in [-0.3, -0.25) is 0 Å². The van der Waals surface area contributed by atoms with E-state index in [0.717, 1.165) is 39.7 Å². The van der Waals surface area contributed by atoms with Crippen LogP contribution in [-0.2, 0) is 5.41 Å². The van der Waals surface area contributed by atoms with Crippen LogP contribution in [0.25, 0.3) is 21.9 Å². The highest BCUT2D eigenvalue weighted by molar-refractivity contribution is 7.20. The molecule has 62 heavy (non-hydrogen) atoms. The Balaban J connectivity index is 1.23. The van der Waals surface area contributed by atoms with Crippen molar-refractivity contribution in [3.63, 3.8) is 0 Å². The highest BCUT2D eigenvalue weighted by Gasteiger charge is 2.57. The minimum atomic E-state index is -2.99. The smallest absolute Gasteiger partial charge is 0.180 e. The summed E-state index contributed by atoms with van der Waals surface area (Å²) in [5, 5.41) is 7.88. The summed E-state index contributed by atoms with van der Waals surface area (Å²) in [6.07, 6.45) is 0. The van der Waals surface area contributed by atoms with E-state index >= 15 is 0 Å². The number of nitrogens with zero attached hydrogens (tertiary/aromatic N) is 1. The second kappa shape index (κ2) is 14.5. The zero-order valence-electron chi connectivity index (χ0n) is 34.0. The summed E-state index contributed by atoms with van der Waals surface area (Å²) in [5.74, 6) is 1.77. The average molecular weight is 808 g/mol. The fourth-order valence-electron chi connectivity index (χ4n) is 10.7. The second-order valence-electron chi connectivity index (χ2n) is 16.3. The number of ether oxygens (including phenoxy) is 1. The fourth-order valence-corrected chi connectivity index (χ4v) is 16.0. The number of anilines is 3. The zero-order valence-corrected chi connectivity index (χ0v) is 35.0. The van der Waals surface area contributed by atoms with E-state index in [4.69, 9.17) is 4.74 Å². The summed E-state index contributed by atoms with van der Waals surface area (Å²) < 4.78 is 6.87. The van der Waals surface area contributed by atoms with Crippen LogP contribution in [0.2, 0.25) is 0 Å². The molecule has 0 saturated heterocycles. The highest BCUT2D eigenvalue weighted by Crippen LogP contribution is 2.57. The average Bonchev–Trinajstić information content (AvgIpc) is 3.35. The zero-order chi connectivity index (χ0) is 41.1. The van der Waals surface area contributed by atoms with Crippen LogP contribution in [0.5, 0.6) is 11.5 Å². The maximum absolute atomic E-state index is 6.87. The third kappa shape index (κ3) is 5.28. The summed E-state index contributed by atoms with van der Waals surface area (Å²) in [7, 11) is -2.99. The molecule has 1 spiro atoms. The monoisotopic (exact) mass is 807 g/mol. The lowest BCUT2D eigenvalue weighted by Crippen LogP contribution is -2.79. The van der Waals surface area contributed by atoms with Gasteiger partial charge in [-0.2, -0.15) is 0 Å². The van der Waals surface area contributed by atoms with E-state index in [9.17, 15) is 0 Å². The van der Waals surface area contributed by atoms with Crippen LogP contribution in [0.4, 0.5) is 17.1 Å². The van der Waals surface area contributed by atoms with Crippen molar-refractivity contribution in [1.82, 2.24) is 0 Å². The molecule has 0 radical (unpaired) electrons. The van der Waals surface area contributed by atoms with E-state index < -0.39 is 13.5 Å². The third-order valence-electron chi connectivity index (χ3n) is 13.3. The summed E-state index contributed by atoms with van der Waals surface area (Å²) in [4.78, 5) is 2.47. The lowest BCUT2D eigenvalue weighted by Gasteiger charge is -2.51. The first-order valence-electron chi connectivity index (χ1n) is 21.4. The van der Waals surface area contributed by atoms with Crippen LogP contribution in [0.3, 0.4) is 0 Å². The first-order chi connectivity index (χ1) is 30.8. The largest absolute Gasteiger partial charge is 0.457 e. The lowest BCUT2D eigenvalue weighted by atomic mass is 9.63. The third-order valence-corrected chi connectivity index (χ3v) is 18.1. The van der Waals surface area contributed by atoms with E-state index in [1.165, 1.54) is 53.8 Å². The van der Waals surface area contributed by atoms with Gasteiger partial charge in [0.25, 0.3) is 0 Å². The minimum absolute atomic E-state index is 0.699. The number of hydrogen-bond acceptors (Lipinski definition) is 2. The molecule has 0 N–H and O–H groups in total. The van der Waals surface area contributed by atoms with E-state index in [1.54, 1.807) is 0 Å². The fraction of sp³-hybridized carbons (Fsp3) is 0.0169. The van der Waals surface area contributed by atoms with Gasteiger partial charge in [-0.05, 0) is 90.9 Å². The van der Waals surface area contributed by atoms with E-state index in [1.807, 2.05) is 0 Å². The van der Waals surface area contributed by atoms with Crippen molar-refractivity contribution >= 4 is 56.7 Å². The maximum Gasteiger partial charge on any atom is 0.180 e. The molecule has 2 heterocycles. The summed E-state index contributed by atoms with van der Waals surface area (Å²) in [5.41, 5.74) is 9.88. The van der Waals surface area contributed by atoms with Crippen LogP contribution in [0, 0.1) is 0 Å². The van der Waals surface area contributed by atoms with Crippen molar-refractivity contribution in [2.75, 3.05) is 4.90 Å². The Kier molecular flexibility index (Phi) is 8.44. The van der Waals surface area contributed by atoms with Crippen molar-refractivity contribution in [2.45, 2.75) is 5.41 Å². The lowest BCUT2D eigenvalue weighted by molar-refractivity contribution is 0.435. The molecule has 2 nitrogen and oxygen atoms in total. The molecule has 3 heteroatoms. The van der Waals surface area contributed by atoms with Gasteiger partial charge < -0.3 is 9.64 Å². The molecule has 12 rings (SSSR count). The first-order valence-corrected chi connectivity index (χ1v) is 23.4. The minimum Gasteiger partial charge on any atom is -0.457 e. The molecule has 0 aromatic heterocycles. The van der Waals surface area contributed by atoms with Gasteiger partial charge in [0.15, 0.2) is 8.07 Å². The number of para-hydroxylation sites is 2. The molecule has 2 aliphatic rings. The van der Waals surface area contributed by atoms with E-state index in [2.05, 4.69) is 254 Å². The van der Waals surface area contributed by atoms with Crippen LogP contribution >= 0.6 is 0 Å². The van der Waals surface area contributed by atoms with Crippen molar-refractivity contribution in [3.05, 3.63) is 271 Å². The molecule has 10 aromatic rings. The molecule has 2 aliphatic heterocycles.